The molecule has 0 unspecified atom stereocenters. The summed E-state index contributed by atoms with van der Waals surface area (Å²) in [4.78, 5) is 24.3. The number of rotatable bonds is 6. The van der Waals surface area contributed by atoms with Crippen LogP contribution in [0.25, 0.3) is 0 Å². The highest BCUT2D eigenvalue weighted by atomic mass is 32.2. The highest BCUT2D eigenvalue weighted by Crippen LogP contribution is 2.25. The molecule has 0 spiro atoms. The normalized spacial score (nSPS) is 16.1. The summed E-state index contributed by atoms with van der Waals surface area (Å²) in [6, 6.07) is 3.76. The number of carbonyl (C=O) groups is 2. The number of hydrogen-bond acceptors (Lipinski definition) is 5. The van der Waals surface area contributed by atoms with E-state index in [1.165, 1.54) is 11.4 Å². The molecule has 150 valence electrons. The lowest BCUT2D eigenvalue weighted by molar-refractivity contribution is -0.895. The van der Waals surface area contributed by atoms with Gasteiger partial charge in [0.2, 0.25) is 10.0 Å². The number of aryl methyl sites for hydroxylation is 3. The second-order valence-corrected chi connectivity index (χ2v) is 8.79. The lowest BCUT2D eigenvalue weighted by Crippen LogP contribution is -3.15. The van der Waals surface area contributed by atoms with E-state index in [9.17, 15) is 18.0 Å². The molecule has 1 saturated heterocycles. The molecule has 2 N–H and O–H groups in total. The summed E-state index contributed by atoms with van der Waals surface area (Å²) in [5, 5.41) is 2.50. The molecule has 1 fully saturated rings. The molecule has 1 heterocycles. The average molecular weight is 399 g/mol. The molecule has 0 aliphatic carbocycles. The number of hydrogen-bond donors (Lipinski definition) is 2. The topological polar surface area (TPSA) is 97.2 Å². The second kappa shape index (κ2) is 8.81. The third kappa shape index (κ3) is 5.27. The molecular formula is C18H28N3O5S+. The SMILES string of the molecule is COC(=O)CNC(=O)C[NH+]1CCN(S(=O)(=O)c2c(C)cc(C)cc2C)CC1. The van der Waals surface area contributed by atoms with Gasteiger partial charge in [-0.1, -0.05) is 17.7 Å². The van der Waals surface area contributed by atoms with Crippen molar-refractivity contribution < 1.29 is 27.6 Å². The van der Waals surface area contributed by atoms with Crippen LogP contribution in [0, 0.1) is 20.8 Å². The van der Waals surface area contributed by atoms with Crippen molar-refractivity contribution in [1.82, 2.24) is 9.62 Å². The number of amides is 1. The van der Waals surface area contributed by atoms with Crippen LogP contribution in [0.4, 0.5) is 0 Å². The minimum absolute atomic E-state index is 0.158. The van der Waals surface area contributed by atoms with Crippen LogP contribution in [0.2, 0.25) is 0 Å². The van der Waals surface area contributed by atoms with Crippen LogP contribution in [-0.2, 0) is 24.3 Å². The van der Waals surface area contributed by atoms with Crippen molar-refractivity contribution in [2.45, 2.75) is 25.7 Å². The summed E-state index contributed by atoms with van der Waals surface area (Å²) >= 11 is 0. The highest BCUT2D eigenvalue weighted by Gasteiger charge is 2.33. The number of esters is 1. The first-order valence-electron chi connectivity index (χ1n) is 8.90. The smallest absolute Gasteiger partial charge is 0.325 e. The predicted octanol–water partition coefficient (Wildman–Crippen LogP) is -1.21. The molecule has 1 aliphatic heterocycles. The van der Waals surface area contributed by atoms with E-state index in [-0.39, 0.29) is 19.0 Å². The van der Waals surface area contributed by atoms with Gasteiger partial charge in [0, 0.05) is 0 Å². The van der Waals surface area contributed by atoms with Gasteiger partial charge in [0.1, 0.15) is 6.54 Å². The Kier molecular flexibility index (Phi) is 6.96. The number of ether oxygens (including phenoxy) is 1. The molecule has 2 rings (SSSR count). The molecule has 0 atom stereocenters. The summed E-state index contributed by atoms with van der Waals surface area (Å²) < 4.78 is 32.1. The Hall–Kier alpha value is -1.97. The maximum Gasteiger partial charge on any atom is 0.325 e. The lowest BCUT2D eigenvalue weighted by Gasteiger charge is -2.31. The van der Waals surface area contributed by atoms with Crippen LogP contribution in [-0.4, -0.2) is 71.0 Å². The lowest BCUT2D eigenvalue weighted by atomic mass is 10.1. The molecule has 1 amide bonds. The van der Waals surface area contributed by atoms with Crippen LogP contribution >= 0.6 is 0 Å². The van der Waals surface area contributed by atoms with Gasteiger partial charge in [-0.25, -0.2) is 8.42 Å². The minimum atomic E-state index is -3.56. The largest absolute Gasteiger partial charge is 0.468 e. The quantitative estimate of drug-likeness (QED) is 0.586. The second-order valence-electron chi connectivity index (χ2n) is 6.91. The maximum atomic E-state index is 13.1. The van der Waals surface area contributed by atoms with Gasteiger partial charge in [-0.05, 0) is 31.9 Å². The molecule has 1 aromatic carbocycles. The third-order valence-electron chi connectivity index (χ3n) is 4.70. The van der Waals surface area contributed by atoms with Crippen molar-refractivity contribution in [3.63, 3.8) is 0 Å². The molecule has 0 radical (unpaired) electrons. The molecule has 0 aromatic heterocycles. The minimum Gasteiger partial charge on any atom is -0.468 e. The zero-order valence-corrected chi connectivity index (χ0v) is 17.1. The van der Waals surface area contributed by atoms with Crippen LogP contribution in [0.1, 0.15) is 16.7 Å². The molecule has 0 saturated carbocycles. The van der Waals surface area contributed by atoms with E-state index in [1.807, 2.05) is 32.9 Å². The molecule has 27 heavy (non-hydrogen) atoms. The number of nitrogens with one attached hydrogen (secondary N) is 2. The number of benzene rings is 1. The van der Waals surface area contributed by atoms with Crippen molar-refractivity contribution in [1.29, 1.82) is 0 Å². The van der Waals surface area contributed by atoms with Crippen LogP contribution in [0.5, 0.6) is 0 Å². The predicted molar refractivity (Wildman–Crippen MR) is 100 cm³/mol. The zero-order chi connectivity index (χ0) is 20.2. The van der Waals surface area contributed by atoms with E-state index in [2.05, 4.69) is 10.1 Å². The van der Waals surface area contributed by atoms with Gasteiger partial charge in [0.15, 0.2) is 6.54 Å². The van der Waals surface area contributed by atoms with Crippen molar-refractivity contribution >= 4 is 21.9 Å². The molecule has 9 heteroatoms. The number of quaternary nitrogens is 1. The molecule has 8 nitrogen and oxygen atoms in total. The van der Waals surface area contributed by atoms with Gasteiger partial charge in [-0.15, -0.1) is 0 Å². The van der Waals surface area contributed by atoms with E-state index in [0.29, 0.717) is 31.1 Å². The van der Waals surface area contributed by atoms with Crippen molar-refractivity contribution in [3.05, 3.63) is 28.8 Å². The Morgan fingerprint density at radius 3 is 2.22 bits per heavy atom. The van der Waals surface area contributed by atoms with Crippen molar-refractivity contribution in [2.75, 3.05) is 46.4 Å². The standard InChI is InChI=1S/C18H27N3O5S/c1-13-9-14(2)18(15(3)10-13)27(24,25)21-7-5-20(6-8-21)12-16(22)19-11-17(23)26-4/h9-10H,5-8,11-12H2,1-4H3,(H,19,22)/p+1. The van der Waals surface area contributed by atoms with E-state index >= 15 is 0 Å². The monoisotopic (exact) mass is 398 g/mol. The van der Waals surface area contributed by atoms with Crippen LogP contribution in [0.15, 0.2) is 17.0 Å². The number of piperazine rings is 1. The summed E-state index contributed by atoms with van der Waals surface area (Å²) in [5.74, 6) is -0.755. The molecule has 1 aromatic rings. The molecular weight excluding hydrogens is 370 g/mol. The van der Waals surface area contributed by atoms with E-state index in [0.717, 1.165) is 21.6 Å². The first-order chi connectivity index (χ1) is 12.6. The van der Waals surface area contributed by atoms with Gasteiger partial charge >= 0.3 is 5.97 Å². The summed E-state index contributed by atoms with van der Waals surface area (Å²) in [5.41, 5.74) is 2.55. The Morgan fingerprint density at radius 2 is 1.70 bits per heavy atom. The molecule has 1 aliphatic rings. The van der Waals surface area contributed by atoms with Crippen molar-refractivity contribution in [2.24, 2.45) is 0 Å². The Morgan fingerprint density at radius 1 is 1.15 bits per heavy atom. The summed E-state index contributed by atoms with van der Waals surface area (Å²) in [6.45, 7) is 7.42. The first kappa shape index (κ1) is 21.3. The fourth-order valence-corrected chi connectivity index (χ4v) is 5.31. The fourth-order valence-electron chi connectivity index (χ4n) is 3.45. The Balaban J connectivity index is 1.97. The maximum absolute atomic E-state index is 13.1. The van der Waals surface area contributed by atoms with Crippen molar-refractivity contribution in [3.8, 4) is 0 Å². The van der Waals surface area contributed by atoms with Crippen LogP contribution < -0.4 is 10.2 Å². The number of nitrogens with zero attached hydrogens (tertiary/aromatic N) is 1. The fraction of sp³-hybridized carbons (Fsp3) is 0.556. The van der Waals surface area contributed by atoms with Gasteiger partial charge in [-0.2, -0.15) is 4.31 Å². The first-order valence-corrected chi connectivity index (χ1v) is 10.3. The van der Waals surface area contributed by atoms with E-state index < -0.39 is 16.0 Å². The third-order valence-corrected chi connectivity index (χ3v) is 6.91. The molecule has 0 bridgehead atoms. The number of sulfonamides is 1. The van der Waals surface area contributed by atoms with Crippen LogP contribution in [0.3, 0.4) is 0 Å². The summed E-state index contributed by atoms with van der Waals surface area (Å²) in [7, 11) is -2.30. The Labute approximate surface area is 160 Å². The zero-order valence-electron chi connectivity index (χ0n) is 16.3. The number of methoxy groups -OCH3 is 1. The Bertz CT molecular complexity index is 791. The van der Waals surface area contributed by atoms with E-state index in [1.54, 1.807) is 0 Å². The van der Waals surface area contributed by atoms with E-state index in [4.69, 9.17) is 0 Å². The van der Waals surface area contributed by atoms with Gasteiger partial charge < -0.3 is 15.0 Å². The van der Waals surface area contributed by atoms with Gasteiger partial charge in [0.25, 0.3) is 5.91 Å². The van der Waals surface area contributed by atoms with Gasteiger partial charge in [-0.3, -0.25) is 9.59 Å². The highest BCUT2D eigenvalue weighted by molar-refractivity contribution is 7.89. The summed E-state index contributed by atoms with van der Waals surface area (Å²) in [6.07, 6.45) is 0. The van der Waals surface area contributed by atoms with Gasteiger partial charge in [0.05, 0.1) is 38.2 Å². The number of carbonyl (C=O) groups excluding carboxylic acids is 2. The average Bonchev–Trinajstić information content (AvgIpc) is 2.59.